The number of fused-ring (bicyclic) bond motifs is 1. The summed E-state index contributed by atoms with van der Waals surface area (Å²) in [7, 11) is 0. The van der Waals surface area contributed by atoms with E-state index in [0.29, 0.717) is 17.8 Å². The average molecular weight is 249 g/mol. The van der Waals surface area contributed by atoms with Crippen molar-refractivity contribution in [1.29, 1.82) is 0 Å². The van der Waals surface area contributed by atoms with E-state index < -0.39 is 0 Å². The average Bonchev–Trinajstić information content (AvgIpc) is 2.69. The Labute approximate surface area is 111 Å². The van der Waals surface area contributed by atoms with Gasteiger partial charge in [-0.15, -0.1) is 0 Å². The quantitative estimate of drug-likeness (QED) is 0.863. The second-order valence-corrected chi connectivity index (χ2v) is 6.43. The Bertz CT molecular complexity index is 384. The normalized spacial score (nSPS) is 19.9. The van der Waals surface area contributed by atoms with Crippen LogP contribution < -0.4 is 0 Å². The van der Waals surface area contributed by atoms with Gasteiger partial charge in [-0.1, -0.05) is 27.7 Å². The Hall–Kier alpha value is -0.760. The molecule has 1 aliphatic carbocycles. The molecule has 18 heavy (non-hydrogen) atoms. The first-order valence-corrected chi connectivity index (χ1v) is 7.36. The van der Waals surface area contributed by atoms with Crippen LogP contribution >= 0.6 is 0 Å². The van der Waals surface area contributed by atoms with E-state index in [2.05, 4.69) is 44.5 Å². The van der Waals surface area contributed by atoms with Crippen molar-refractivity contribution in [3.8, 4) is 0 Å². The summed E-state index contributed by atoms with van der Waals surface area (Å²) < 4.78 is 2.39. The van der Waals surface area contributed by atoms with Gasteiger partial charge in [0, 0.05) is 24.0 Å². The topological polar surface area (TPSA) is 25.2 Å². The first-order chi connectivity index (χ1) is 8.50. The Morgan fingerprint density at radius 1 is 1.28 bits per heavy atom. The molecule has 1 aromatic rings. The highest BCUT2D eigenvalue weighted by Crippen LogP contribution is 2.32. The van der Waals surface area contributed by atoms with Crippen LogP contribution in [0.2, 0.25) is 0 Å². The van der Waals surface area contributed by atoms with E-state index >= 15 is 0 Å². The Kier molecular flexibility index (Phi) is 4.16. The molecule has 0 spiro atoms. The van der Waals surface area contributed by atoms with Crippen LogP contribution in [-0.2, 0) is 13.0 Å². The zero-order valence-corrected chi connectivity index (χ0v) is 12.2. The number of aliphatic hydroxyl groups is 1. The third-order valence-corrected chi connectivity index (χ3v) is 4.48. The molecule has 102 valence electrons. The van der Waals surface area contributed by atoms with Crippen molar-refractivity contribution in [3.63, 3.8) is 0 Å². The van der Waals surface area contributed by atoms with E-state index in [4.69, 9.17) is 0 Å². The molecule has 1 atom stereocenters. The summed E-state index contributed by atoms with van der Waals surface area (Å²) in [5.74, 6) is 2.12. The van der Waals surface area contributed by atoms with Gasteiger partial charge < -0.3 is 9.67 Å². The summed E-state index contributed by atoms with van der Waals surface area (Å²) in [5, 5.41) is 10.0. The third-order valence-electron chi connectivity index (χ3n) is 4.48. The fourth-order valence-corrected chi connectivity index (χ4v) is 3.32. The Morgan fingerprint density at radius 3 is 2.56 bits per heavy atom. The van der Waals surface area contributed by atoms with Crippen molar-refractivity contribution in [2.75, 3.05) is 0 Å². The maximum Gasteiger partial charge on any atom is 0.0807 e. The lowest BCUT2D eigenvalue weighted by Gasteiger charge is -2.28. The van der Waals surface area contributed by atoms with Crippen molar-refractivity contribution in [3.05, 3.63) is 23.5 Å². The van der Waals surface area contributed by atoms with Gasteiger partial charge in [-0.25, -0.2) is 0 Å². The zero-order chi connectivity index (χ0) is 13.3. The highest BCUT2D eigenvalue weighted by molar-refractivity contribution is 5.27. The van der Waals surface area contributed by atoms with E-state index in [-0.39, 0.29) is 6.10 Å². The molecule has 2 rings (SSSR count). The van der Waals surface area contributed by atoms with Gasteiger partial charge in [0.25, 0.3) is 0 Å². The summed E-state index contributed by atoms with van der Waals surface area (Å²) in [6.07, 6.45) is 5.12. The minimum Gasteiger partial charge on any atom is -0.388 e. The van der Waals surface area contributed by atoms with Crippen LogP contribution in [-0.4, -0.2) is 9.67 Å². The fourth-order valence-electron chi connectivity index (χ4n) is 3.32. The lowest BCUT2D eigenvalue weighted by atomic mass is 9.85. The maximum absolute atomic E-state index is 10.0. The van der Waals surface area contributed by atoms with E-state index in [1.807, 2.05) is 0 Å². The molecule has 2 nitrogen and oxygen atoms in total. The highest BCUT2D eigenvalue weighted by Gasteiger charge is 2.24. The lowest BCUT2D eigenvalue weighted by molar-refractivity contribution is 0.154. The monoisotopic (exact) mass is 249 g/mol. The second-order valence-electron chi connectivity index (χ2n) is 6.43. The molecule has 1 aliphatic rings. The Morgan fingerprint density at radius 2 is 1.94 bits per heavy atom. The van der Waals surface area contributed by atoms with Crippen LogP contribution in [0.25, 0.3) is 0 Å². The summed E-state index contributed by atoms with van der Waals surface area (Å²) >= 11 is 0. The molecule has 0 bridgehead atoms. The SMILES string of the molecule is CC(C)C(Cn1ccc2c1CCCC2O)C(C)C. The van der Waals surface area contributed by atoms with Gasteiger partial charge in [0.2, 0.25) is 0 Å². The smallest absolute Gasteiger partial charge is 0.0807 e. The predicted molar refractivity (Wildman–Crippen MR) is 75.5 cm³/mol. The minimum absolute atomic E-state index is 0.230. The number of hydrogen-bond acceptors (Lipinski definition) is 1. The molecule has 0 fully saturated rings. The largest absolute Gasteiger partial charge is 0.388 e. The first kappa shape index (κ1) is 13.7. The van der Waals surface area contributed by atoms with Gasteiger partial charge in [0.15, 0.2) is 0 Å². The van der Waals surface area contributed by atoms with E-state index in [9.17, 15) is 5.11 Å². The molecular formula is C16H27NO. The van der Waals surface area contributed by atoms with Crippen molar-refractivity contribution in [1.82, 2.24) is 4.57 Å². The number of nitrogens with zero attached hydrogens (tertiary/aromatic N) is 1. The third kappa shape index (κ3) is 2.64. The van der Waals surface area contributed by atoms with Crippen LogP contribution in [0.1, 0.15) is 57.9 Å². The zero-order valence-electron chi connectivity index (χ0n) is 12.2. The second kappa shape index (κ2) is 5.48. The standard InChI is InChI=1S/C16H27NO/c1-11(2)14(12(3)4)10-17-9-8-13-15(17)6-5-7-16(13)18/h8-9,11-12,14,16,18H,5-7,10H2,1-4H3. The van der Waals surface area contributed by atoms with Crippen LogP contribution in [0.4, 0.5) is 0 Å². The molecule has 2 heteroatoms. The van der Waals surface area contributed by atoms with Crippen molar-refractivity contribution in [2.45, 2.75) is 59.6 Å². The van der Waals surface area contributed by atoms with Gasteiger partial charge in [0.1, 0.15) is 0 Å². The van der Waals surface area contributed by atoms with Gasteiger partial charge in [0.05, 0.1) is 6.10 Å². The molecule has 1 N–H and O–H groups in total. The lowest BCUT2D eigenvalue weighted by Crippen LogP contribution is -2.23. The van der Waals surface area contributed by atoms with E-state index in [1.54, 1.807) is 0 Å². The summed E-state index contributed by atoms with van der Waals surface area (Å²) in [6.45, 7) is 10.4. The van der Waals surface area contributed by atoms with Gasteiger partial charge in [-0.05, 0) is 43.1 Å². The maximum atomic E-state index is 10.0. The number of rotatable bonds is 4. The van der Waals surface area contributed by atoms with Crippen LogP contribution in [0.15, 0.2) is 12.3 Å². The van der Waals surface area contributed by atoms with Gasteiger partial charge in [-0.3, -0.25) is 0 Å². The molecule has 1 heterocycles. The molecule has 0 aliphatic heterocycles. The Balaban J connectivity index is 2.19. The molecule has 0 saturated carbocycles. The molecule has 0 aromatic carbocycles. The number of hydrogen-bond donors (Lipinski definition) is 1. The molecule has 0 amide bonds. The molecule has 1 unspecified atom stereocenters. The minimum atomic E-state index is -0.230. The first-order valence-electron chi connectivity index (χ1n) is 7.36. The van der Waals surface area contributed by atoms with E-state index in [0.717, 1.165) is 25.8 Å². The summed E-state index contributed by atoms with van der Waals surface area (Å²) in [4.78, 5) is 0. The van der Waals surface area contributed by atoms with Gasteiger partial charge in [-0.2, -0.15) is 0 Å². The molecular weight excluding hydrogens is 222 g/mol. The van der Waals surface area contributed by atoms with Crippen LogP contribution in [0, 0.1) is 17.8 Å². The van der Waals surface area contributed by atoms with Crippen LogP contribution in [0.5, 0.6) is 0 Å². The van der Waals surface area contributed by atoms with Crippen molar-refractivity contribution >= 4 is 0 Å². The highest BCUT2D eigenvalue weighted by atomic mass is 16.3. The van der Waals surface area contributed by atoms with Gasteiger partial charge >= 0.3 is 0 Å². The predicted octanol–water partition coefficient (Wildman–Crippen LogP) is 3.79. The molecule has 1 aromatic heterocycles. The van der Waals surface area contributed by atoms with E-state index in [1.165, 1.54) is 11.3 Å². The summed E-state index contributed by atoms with van der Waals surface area (Å²) in [6, 6.07) is 2.12. The van der Waals surface area contributed by atoms with Crippen LogP contribution in [0.3, 0.4) is 0 Å². The summed E-state index contributed by atoms with van der Waals surface area (Å²) in [5.41, 5.74) is 2.55. The fraction of sp³-hybridized carbons (Fsp3) is 0.750. The molecule has 0 radical (unpaired) electrons. The molecule has 0 saturated heterocycles. The number of aromatic nitrogens is 1. The van der Waals surface area contributed by atoms with Crippen molar-refractivity contribution < 1.29 is 5.11 Å². The van der Waals surface area contributed by atoms with Crippen molar-refractivity contribution in [2.24, 2.45) is 17.8 Å². The number of aliphatic hydroxyl groups excluding tert-OH is 1.